The van der Waals surface area contributed by atoms with Crippen LogP contribution in [0.15, 0.2) is 24.3 Å². The fraction of sp³-hybridized carbons (Fsp3) is 0.588. The van der Waals surface area contributed by atoms with Gasteiger partial charge in [0, 0.05) is 18.3 Å². The highest BCUT2D eigenvalue weighted by Gasteiger charge is 2.38. The number of anilines is 1. The summed E-state index contributed by atoms with van der Waals surface area (Å²) in [5.74, 6) is -1.40. The van der Waals surface area contributed by atoms with E-state index in [0.717, 1.165) is 19.5 Å². The molecular formula is C17H23F3N2O2. The average molecular weight is 344 g/mol. The normalized spacial score (nSPS) is 19.1. The number of ether oxygens (including phenoxy) is 1. The van der Waals surface area contributed by atoms with Crippen molar-refractivity contribution in [2.24, 2.45) is 0 Å². The molecule has 1 aromatic carbocycles. The van der Waals surface area contributed by atoms with Gasteiger partial charge < -0.3 is 15.0 Å². The van der Waals surface area contributed by atoms with E-state index in [4.69, 9.17) is 4.74 Å². The van der Waals surface area contributed by atoms with Gasteiger partial charge in [-0.3, -0.25) is 4.79 Å². The van der Waals surface area contributed by atoms with Crippen molar-refractivity contribution in [3.05, 3.63) is 24.3 Å². The van der Waals surface area contributed by atoms with Gasteiger partial charge in [0.25, 0.3) is 0 Å². The molecule has 2 rings (SSSR count). The molecule has 1 unspecified atom stereocenters. The SMILES string of the molecule is CC1CCCCN1CCCOc1ccc(NC(=O)C(F)(F)F)cc1. The van der Waals surface area contributed by atoms with Crippen LogP contribution in [-0.4, -0.2) is 42.7 Å². The van der Waals surface area contributed by atoms with Crippen LogP contribution in [0.1, 0.15) is 32.6 Å². The second kappa shape index (κ2) is 8.37. The van der Waals surface area contributed by atoms with Crippen LogP contribution in [0.25, 0.3) is 0 Å². The maximum Gasteiger partial charge on any atom is 0.471 e. The van der Waals surface area contributed by atoms with Crippen molar-refractivity contribution < 1.29 is 22.7 Å². The first-order chi connectivity index (χ1) is 11.4. The number of halogens is 3. The van der Waals surface area contributed by atoms with Gasteiger partial charge in [0.05, 0.1) is 6.61 Å². The predicted molar refractivity (Wildman–Crippen MR) is 86.1 cm³/mol. The van der Waals surface area contributed by atoms with Crippen LogP contribution < -0.4 is 10.1 Å². The molecule has 1 atom stereocenters. The zero-order valence-electron chi connectivity index (χ0n) is 13.7. The molecule has 1 aliphatic rings. The molecular weight excluding hydrogens is 321 g/mol. The maximum atomic E-state index is 12.2. The number of nitrogens with zero attached hydrogens (tertiary/aromatic N) is 1. The Labute approximate surface area is 140 Å². The first-order valence-corrected chi connectivity index (χ1v) is 8.21. The smallest absolute Gasteiger partial charge is 0.471 e. The van der Waals surface area contributed by atoms with Crippen LogP contribution >= 0.6 is 0 Å². The number of amides is 1. The molecule has 1 amide bonds. The summed E-state index contributed by atoms with van der Waals surface area (Å²) in [5.41, 5.74) is 0.0896. The third kappa shape index (κ3) is 5.70. The number of nitrogens with one attached hydrogen (secondary N) is 1. The number of carbonyl (C=O) groups excluding carboxylic acids is 1. The van der Waals surface area contributed by atoms with E-state index in [1.54, 1.807) is 17.4 Å². The molecule has 7 heteroatoms. The van der Waals surface area contributed by atoms with Gasteiger partial charge >= 0.3 is 12.1 Å². The lowest BCUT2D eigenvalue weighted by Gasteiger charge is -2.33. The predicted octanol–water partition coefficient (Wildman–Crippen LogP) is 3.83. The van der Waals surface area contributed by atoms with E-state index < -0.39 is 12.1 Å². The Kier molecular flexibility index (Phi) is 6.48. The van der Waals surface area contributed by atoms with E-state index in [9.17, 15) is 18.0 Å². The molecule has 0 bridgehead atoms. The van der Waals surface area contributed by atoms with Crippen molar-refractivity contribution in [2.75, 3.05) is 25.0 Å². The number of carbonyl (C=O) groups is 1. The van der Waals surface area contributed by atoms with Gasteiger partial charge in [0.1, 0.15) is 5.75 Å². The fourth-order valence-corrected chi connectivity index (χ4v) is 2.78. The third-order valence-corrected chi connectivity index (χ3v) is 4.17. The first-order valence-electron chi connectivity index (χ1n) is 8.21. The summed E-state index contributed by atoms with van der Waals surface area (Å²) >= 11 is 0. The highest BCUT2D eigenvalue weighted by atomic mass is 19.4. The van der Waals surface area contributed by atoms with E-state index in [1.807, 2.05) is 0 Å². The summed E-state index contributed by atoms with van der Waals surface area (Å²) in [5, 5.41) is 1.80. The largest absolute Gasteiger partial charge is 0.494 e. The number of hydrogen-bond donors (Lipinski definition) is 1. The average Bonchev–Trinajstić information content (AvgIpc) is 2.53. The summed E-state index contributed by atoms with van der Waals surface area (Å²) in [6.07, 6.45) is -0.203. The maximum absolute atomic E-state index is 12.2. The van der Waals surface area contributed by atoms with Crippen molar-refractivity contribution >= 4 is 11.6 Å². The van der Waals surface area contributed by atoms with E-state index >= 15 is 0 Å². The molecule has 1 saturated heterocycles. The van der Waals surface area contributed by atoms with Crippen LogP contribution in [0.3, 0.4) is 0 Å². The number of likely N-dealkylation sites (tertiary alicyclic amines) is 1. The molecule has 1 aliphatic heterocycles. The third-order valence-electron chi connectivity index (χ3n) is 4.17. The topological polar surface area (TPSA) is 41.6 Å². The molecule has 134 valence electrons. The Morgan fingerprint density at radius 2 is 2.00 bits per heavy atom. The molecule has 24 heavy (non-hydrogen) atoms. The van der Waals surface area contributed by atoms with E-state index in [1.165, 1.54) is 31.4 Å². The molecule has 0 aromatic heterocycles. The minimum atomic E-state index is -4.89. The minimum absolute atomic E-state index is 0.0896. The molecule has 4 nitrogen and oxygen atoms in total. The number of alkyl halides is 3. The van der Waals surface area contributed by atoms with Gasteiger partial charge in [-0.05, 0) is 57.0 Å². The summed E-state index contributed by atoms with van der Waals surface area (Å²) in [4.78, 5) is 13.3. The molecule has 1 fully saturated rings. The number of hydrogen-bond acceptors (Lipinski definition) is 3. The van der Waals surface area contributed by atoms with Crippen molar-refractivity contribution in [1.82, 2.24) is 4.90 Å². The lowest BCUT2D eigenvalue weighted by molar-refractivity contribution is -0.167. The molecule has 1 N–H and O–H groups in total. The molecule has 0 aliphatic carbocycles. The van der Waals surface area contributed by atoms with Crippen LogP contribution in [0.2, 0.25) is 0 Å². The zero-order valence-corrected chi connectivity index (χ0v) is 13.7. The van der Waals surface area contributed by atoms with Crippen molar-refractivity contribution in [3.8, 4) is 5.75 Å². The summed E-state index contributed by atoms with van der Waals surface area (Å²) in [6.45, 7) is 4.92. The van der Waals surface area contributed by atoms with Gasteiger partial charge in [0.15, 0.2) is 0 Å². The summed E-state index contributed by atoms with van der Waals surface area (Å²) in [7, 11) is 0. The Morgan fingerprint density at radius 1 is 1.29 bits per heavy atom. The second-order valence-electron chi connectivity index (χ2n) is 6.06. The molecule has 0 saturated carbocycles. The van der Waals surface area contributed by atoms with Crippen molar-refractivity contribution in [1.29, 1.82) is 0 Å². The monoisotopic (exact) mass is 344 g/mol. The van der Waals surface area contributed by atoms with Crippen molar-refractivity contribution in [3.63, 3.8) is 0 Å². The number of piperidine rings is 1. The number of rotatable bonds is 6. The lowest BCUT2D eigenvalue weighted by Crippen LogP contribution is -2.38. The highest BCUT2D eigenvalue weighted by Crippen LogP contribution is 2.21. The van der Waals surface area contributed by atoms with E-state index in [-0.39, 0.29) is 5.69 Å². The Hall–Kier alpha value is -1.76. The highest BCUT2D eigenvalue weighted by molar-refractivity contribution is 5.94. The van der Waals surface area contributed by atoms with Crippen LogP contribution in [0.4, 0.5) is 18.9 Å². The number of benzene rings is 1. The Bertz CT molecular complexity index is 532. The molecule has 0 spiro atoms. The van der Waals surface area contributed by atoms with Crippen LogP contribution in [-0.2, 0) is 4.79 Å². The first kappa shape index (κ1) is 18.6. The lowest BCUT2D eigenvalue weighted by atomic mass is 10.0. The quantitative estimate of drug-likeness (QED) is 0.798. The van der Waals surface area contributed by atoms with Crippen LogP contribution in [0, 0.1) is 0 Å². The summed E-state index contributed by atoms with van der Waals surface area (Å²) in [6, 6.07) is 6.51. The molecule has 1 heterocycles. The van der Waals surface area contributed by atoms with Crippen LogP contribution in [0.5, 0.6) is 5.75 Å². The van der Waals surface area contributed by atoms with E-state index in [2.05, 4.69) is 11.8 Å². The molecule has 1 aromatic rings. The van der Waals surface area contributed by atoms with Gasteiger partial charge in [-0.2, -0.15) is 13.2 Å². The summed E-state index contributed by atoms with van der Waals surface area (Å²) < 4.78 is 42.1. The van der Waals surface area contributed by atoms with Gasteiger partial charge in [-0.15, -0.1) is 0 Å². The molecule has 0 radical (unpaired) electrons. The Morgan fingerprint density at radius 3 is 2.62 bits per heavy atom. The van der Waals surface area contributed by atoms with Crippen molar-refractivity contribution in [2.45, 2.75) is 44.8 Å². The zero-order chi connectivity index (χ0) is 17.6. The van der Waals surface area contributed by atoms with Gasteiger partial charge in [-0.25, -0.2) is 0 Å². The van der Waals surface area contributed by atoms with Gasteiger partial charge in [0.2, 0.25) is 0 Å². The Balaban J connectivity index is 1.71. The fourth-order valence-electron chi connectivity index (χ4n) is 2.78. The minimum Gasteiger partial charge on any atom is -0.494 e. The second-order valence-corrected chi connectivity index (χ2v) is 6.06. The van der Waals surface area contributed by atoms with Gasteiger partial charge in [-0.1, -0.05) is 6.42 Å². The standard InChI is InChI=1S/C17H23F3N2O2/c1-13-5-2-3-10-22(13)11-4-12-24-15-8-6-14(7-9-15)21-16(23)17(18,19)20/h6-9,13H,2-5,10-12H2,1H3,(H,21,23). The van der Waals surface area contributed by atoms with E-state index in [0.29, 0.717) is 18.4 Å².